The Morgan fingerprint density at radius 2 is 2.17 bits per heavy atom. The topological polar surface area (TPSA) is 74.4 Å². The highest BCUT2D eigenvalue weighted by Gasteiger charge is 2.35. The van der Waals surface area contributed by atoms with Gasteiger partial charge >= 0.3 is 12.3 Å². The average molecular weight is 376 g/mol. The zero-order valence-corrected chi connectivity index (χ0v) is 11.2. The van der Waals surface area contributed by atoms with E-state index < -0.39 is 23.8 Å². The van der Waals surface area contributed by atoms with Crippen LogP contribution in [-0.2, 0) is 11.3 Å². The van der Waals surface area contributed by atoms with E-state index in [1.807, 2.05) is 0 Å². The Hall–Kier alpha value is -1.10. The number of carbonyl (C=O) groups is 1. The second-order valence-corrected chi connectivity index (χ2v) is 4.10. The van der Waals surface area contributed by atoms with Crippen molar-refractivity contribution in [1.82, 2.24) is 4.98 Å². The second-order valence-electron chi connectivity index (χ2n) is 3.02. The van der Waals surface area contributed by atoms with E-state index in [4.69, 9.17) is 5.73 Å². The number of hydrogen-bond acceptors (Lipinski definition) is 5. The fourth-order valence-corrected chi connectivity index (χ4v) is 1.93. The summed E-state index contributed by atoms with van der Waals surface area (Å²) in [7, 11) is 1.05. The number of halogens is 4. The molecule has 0 aromatic carbocycles. The van der Waals surface area contributed by atoms with Gasteiger partial charge in [-0.1, -0.05) is 0 Å². The van der Waals surface area contributed by atoms with Gasteiger partial charge in [-0.3, -0.25) is 0 Å². The zero-order valence-electron chi connectivity index (χ0n) is 9.05. The summed E-state index contributed by atoms with van der Waals surface area (Å²) in [5.74, 6) is -1.82. The largest absolute Gasteiger partial charge is 0.574 e. The number of rotatable bonds is 3. The van der Waals surface area contributed by atoms with Crippen LogP contribution in [0, 0.1) is 3.57 Å². The number of nitrogens with two attached hydrogens (primary N) is 1. The van der Waals surface area contributed by atoms with Gasteiger partial charge in [-0.05, 0) is 28.2 Å². The normalized spacial score (nSPS) is 11.2. The van der Waals surface area contributed by atoms with Gasteiger partial charge in [0.2, 0.25) is 5.88 Å². The van der Waals surface area contributed by atoms with Gasteiger partial charge in [0.25, 0.3) is 0 Å². The summed E-state index contributed by atoms with van der Waals surface area (Å²) >= 11 is 1.69. The Morgan fingerprint density at radius 3 is 2.61 bits per heavy atom. The SMILES string of the molecule is COC(=O)c1c(OC(F)(F)F)ncc(CN)c1I. The monoisotopic (exact) mass is 376 g/mol. The lowest BCUT2D eigenvalue weighted by Gasteiger charge is -2.13. The zero-order chi connectivity index (χ0) is 13.9. The lowest BCUT2D eigenvalue weighted by atomic mass is 10.2. The third-order valence-electron chi connectivity index (χ3n) is 1.87. The van der Waals surface area contributed by atoms with Crippen molar-refractivity contribution in [2.45, 2.75) is 12.9 Å². The molecule has 0 spiro atoms. The smallest absolute Gasteiger partial charge is 0.465 e. The lowest BCUT2D eigenvalue weighted by molar-refractivity contribution is -0.276. The van der Waals surface area contributed by atoms with E-state index in [2.05, 4.69) is 14.5 Å². The minimum atomic E-state index is -4.94. The molecule has 18 heavy (non-hydrogen) atoms. The Balaban J connectivity index is 3.34. The van der Waals surface area contributed by atoms with Crippen LogP contribution in [0.3, 0.4) is 0 Å². The molecule has 1 aromatic heterocycles. The number of hydrogen-bond donors (Lipinski definition) is 1. The van der Waals surface area contributed by atoms with Crippen molar-refractivity contribution >= 4 is 28.6 Å². The molecule has 0 aliphatic heterocycles. The third-order valence-corrected chi connectivity index (χ3v) is 3.11. The fourth-order valence-electron chi connectivity index (χ4n) is 1.12. The summed E-state index contributed by atoms with van der Waals surface area (Å²) in [4.78, 5) is 14.9. The van der Waals surface area contributed by atoms with Crippen LogP contribution in [0.15, 0.2) is 6.20 Å². The van der Waals surface area contributed by atoms with Gasteiger partial charge in [-0.15, -0.1) is 13.2 Å². The van der Waals surface area contributed by atoms with Gasteiger partial charge in [-0.2, -0.15) is 0 Å². The van der Waals surface area contributed by atoms with E-state index in [1.54, 1.807) is 22.6 Å². The van der Waals surface area contributed by atoms with Crippen LogP contribution in [0.25, 0.3) is 0 Å². The van der Waals surface area contributed by atoms with Gasteiger partial charge in [0.05, 0.1) is 7.11 Å². The molecule has 1 aromatic rings. The molecule has 0 bridgehead atoms. The van der Waals surface area contributed by atoms with E-state index in [-0.39, 0.29) is 10.1 Å². The first-order valence-electron chi connectivity index (χ1n) is 4.51. The molecule has 1 rings (SSSR count). The molecular formula is C9H8F3IN2O3. The quantitative estimate of drug-likeness (QED) is 0.644. The summed E-state index contributed by atoms with van der Waals surface area (Å²) in [6.45, 7) is 0.0293. The van der Waals surface area contributed by atoms with Crippen LogP contribution in [0.2, 0.25) is 0 Å². The van der Waals surface area contributed by atoms with E-state index in [1.165, 1.54) is 0 Å². The molecule has 0 saturated carbocycles. The first-order valence-corrected chi connectivity index (χ1v) is 5.59. The molecule has 0 amide bonds. The molecule has 0 unspecified atom stereocenters. The first kappa shape index (κ1) is 15.0. The number of alkyl halides is 3. The number of esters is 1. The Labute approximate surface area is 114 Å². The number of methoxy groups -OCH3 is 1. The maximum absolute atomic E-state index is 12.2. The summed E-state index contributed by atoms with van der Waals surface area (Å²) in [5, 5.41) is 0. The number of pyridine rings is 1. The van der Waals surface area contributed by atoms with Gasteiger partial charge in [0.15, 0.2) is 0 Å². The first-order chi connectivity index (χ1) is 8.30. The molecule has 0 aliphatic rings. The van der Waals surface area contributed by atoms with Gasteiger partial charge in [-0.25, -0.2) is 9.78 Å². The van der Waals surface area contributed by atoms with E-state index in [0.717, 1.165) is 13.3 Å². The van der Waals surface area contributed by atoms with Crippen molar-refractivity contribution in [2.75, 3.05) is 7.11 Å². The Bertz CT molecular complexity index is 465. The Morgan fingerprint density at radius 1 is 1.56 bits per heavy atom. The molecule has 9 heteroatoms. The fraction of sp³-hybridized carbons (Fsp3) is 0.333. The maximum Gasteiger partial charge on any atom is 0.574 e. The summed E-state index contributed by atoms with van der Waals surface area (Å²) in [6.07, 6.45) is -3.82. The highest BCUT2D eigenvalue weighted by molar-refractivity contribution is 14.1. The van der Waals surface area contributed by atoms with Crippen LogP contribution in [0.1, 0.15) is 15.9 Å². The highest BCUT2D eigenvalue weighted by atomic mass is 127. The molecular weight excluding hydrogens is 368 g/mol. The van der Waals surface area contributed by atoms with Crippen LogP contribution >= 0.6 is 22.6 Å². The van der Waals surface area contributed by atoms with Crippen molar-refractivity contribution < 1.29 is 27.4 Å². The highest BCUT2D eigenvalue weighted by Crippen LogP contribution is 2.29. The average Bonchev–Trinajstić information content (AvgIpc) is 2.26. The molecule has 0 fully saturated rings. The van der Waals surface area contributed by atoms with Crippen molar-refractivity contribution in [3.63, 3.8) is 0 Å². The number of nitrogens with zero attached hydrogens (tertiary/aromatic N) is 1. The van der Waals surface area contributed by atoms with E-state index in [9.17, 15) is 18.0 Å². The van der Waals surface area contributed by atoms with Crippen molar-refractivity contribution in [2.24, 2.45) is 5.73 Å². The summed E-state index contributed by atoms with van der Waals surface area (Å²) in [6, 6.07) is 0. The van der Waals surface area contributed by atoms with E-state index >= 15 is 0 Å². The number of aromatic nitrogens is 1. The Kier molecular flexibility index (Phi) is 4.73. The maximum atomic E-state index is 12.2. The molecule has 0 saturated heterocycles. The van der Waals surface area contributed by atoms with Gasteiger partial charge < -0.3 is 15.2 Å². The van der Waals surface area contributed by atoms with Gasteiger partial charge in [0, 0.05) is 16.3 Å². The van der Waals surface area contributed by atoms with Crippen LogP contribution in [0.4, 0.5) is 13.2 Å². The molecule has 0 radical (unpaired) electrons. The summed E-state index contributed by atoms with van der Waals surface area (Å²) < 4.78 is 44.8. The number of carbonyl (C=O) groups excluding carboxylic acids is 1. The minimum absolute atomic E-state index is 0.0293. The second kappa shape index (κ2) is 5.69. The van der Waals surface area contributed by atoms with Crippen molar-refractivity contribution in [3.8, 4) is 5.88 Å². The molecule has 100 valence electrons. The molecule has 0 atom stereocenters. The van der Waals surface area contributed by atoms with Crippen molar-refractivity contribution in [3.05, 3.63) is 20.9 Å². The summed E-state index contributed by atoms with van der Waals surface area (Å²) in [5.41, 5.74) is 5.41. The molecule has 2 N–H and O–H groups in total. The molecule has 5 nitrogen and oxygen atoms in total. The minimum Gasteiger partial charge on any atom is -0.465 e. The van der Waals surface area contributed by atoms with E-state index in [0.29, 0.717) is 5.56 Å². The van der Waals surface area contributed by atoms with Crippen molar-refractivity contribution in [1.29, 1.82) is 0 Å². The lowest BCUT2D eigenvalue weighted by Crippen LogP contribution is -2.21. The van der Waals surface area contributed by atoms with Crippen LogP contribution in [0.5, 0.6) is 5.88 Å². The van der Waals surface area contributed by atoms with Crippen LogP contribution < -0.4 is 10.5 Å². The molecule has 0 aliphatic carbocycles. The van der Waals surface area contributed by atoms with Gasteiger partial charge in [0.1, 0.15) is 5.56 Å². The predicted molar refractivity (Wildman–Crippen MR) is 62.9 cm³/mol. The van der Waals surface area contributed by atoms with Crippen LogP contribution in [-0.4, -0.2) is 24.4 Å². The molecule has 1 heterocycles. The number of ether oxygens (including phenoxy) is 2. The predicted octanol–water partition coefficient (Wildman–Crippen LogP) is 1.83. The standard InChI is InChI=1S/C9H8F3IN2O3/c1-17-8(16)5-6(13)4(2-14)3-15-7(5)18-9(10,11)12/h3H,2,14H2,1H3. The third kappa shape index (κ3) is 3.45.